The largest absolute Gasteiger partial charge is 0.342 e. The molecule has 6 nitrogen and oxygen atoms in total. The van der Waals surface area contributed by atoms with Gasteiger partial charge >= 0.3 is 0 Å². The molecule has 1 spiro atoms. The summed E-state index contributed by atoms with van der Waals surface area (Å²) in [4.78, 5) is 30.0. The molecular formula is C26H41FN4O2. The fourth-order valence-corrected chi connectivity index (χ4v) is 7.50. The molecule has 2 aliphatic carbocycles. The monoisotopic (exact) mass is 460 g/mol. The number of carbonyl (C=O) groups excluding carboxylic acids is 2. The van der Waals surface area contributed by atoms with Crippen LogP contribution in [0.1, 0.15) is 90.4 Å². The van der Waals surface area contributed by atoms with Crippen LogP contribution in [0.25, 0.3) is 0 Å². The van der Waals surface area contributed by atoms with E-state index in [2.05, 4.69) is 12.0 Å². The number of fused-ring (bicyclic) bond motifs is 1. The van der Waals surface area contributed by atoms with E-state index in [-0.39, 0.29) is 30.3 Å². The van der Waals surface area contributed by atoms with Crippen LogP contribution in [0, 0.1) is 17.3 Å². The van der Waals surface area contributed by atoms with Crippen LogP contribution < -0.4 is 0 Å². The Morgan fingerprint density at radius 1 is 1.09 bits per heavy atom. The van der Waals surface area contributed by atoms with Crippen molar-refractivity contribution in [1.82, 2.24) is 14.8 Å². The summed E-state index contributed by atoms with van der Waals surface area (Å²) in [5, 5.41) is 6.29. The molecule has 3 heterocycles. The van der Waals surface area contributed by atoms with Crippen LogP contribution in [0.2, 0.25) is 0 Å². The molecule has 0 N–H and O–H groups in total. The maximum atomic E-state index is 16.8. The number of piperidine rings is 1. The summed E-state index contributed by atoms with van der Waals surface area (Å²) in [5.74, 6) is 0.893. The zero-order valence-electron chi connectivity index (χ0n) is 20.3. The van der Waals surface area contributed by atoms with Crippen molar-refractivity contribution in [2.75, 3.05) is 26.2 Å². The summed E-state index contributed by atoms with van der Waals surface area (Å²) in [6.07, 6.45) is 14.6. The number of hydrogen-bond donors (Lipinski definition) is 0. The van der Waals surface area contributed by atoms with E-state index >= 15 is 4.39 Å². The molecule has 5 rings (SSSR count). The van der Waals surface area contributed by atoms with Crippen LogP contribution in [-0.4, -0.2) is 70.9 Å². The Morgan fingerprint density at radius 2 is 1.85 bits per heavy atom. The predicted molar refractivity (Wildman–Crippen MR) is 126 cm³/mol. The van der Waals surface area contributed by atoms with E-state index < -0.39 is 11.1 Å². The number of hydrogen-bond acceptors (Lipinski definition) is 4. The molecule has 0 radical (unpaired) electrons. The molecule has 33 heavy (non-hydrogen) atoms. The molecule has 0 bridgehead atoms. The van der Waals surface area contributed by atoms with Crippen molar-refractivity contribution in [3.8, 4) is 0 Å². The number of rotatable bonds is 5. The summed E-state index contributed by atoms with van der Waals surface area (Å²) in [5.41, 5.74) is -2.00. The third-order valence-electron chi connectivity index (χ3n) is 9.48. The molecule has 7 heteroatoms. The van der Waals surface area contributed by atoms with Crippen LogP contribution in [-0.2, 0) is 9.59 Å². The van der Waals surface area contributed by atoms with E-state index in [4.69, 9.17) is 0 Å². The first-order valence-corrected chi connectivity index (χ1v) is 13.5. The summed E-state index contributed by atoms with van der Waals surface area (Å²) in [6.45, 7) is 3.93. The van der Waals surface area contributed by atoms with Gasteiger partial charge in [0.1, 0.15) is 18.0 Å². The lowest BCUT2D eigenvalue weighted by atomic mass is 9.66. The van der Waals surface area contributed by atoms with E-state index in [9.17, 15) is 9.59 Å². The average molecular weight is 461 g/mol. The Labute approximate surface area is 197 Å². The Morgan fingerprint density at radius 3 is 2.61 bits per heavy atom. The predicted octanol–water partition coefficient (Wildman–Crippen LogP) is 4.34. The highest BCUT2D eigenvalue weighted by Crippen LogP contribution is 2.53. The van der Waals surface area contributed by atoms with E-state index in [1.807, 2.05) is 9.91 Å². The van der Waals surface area contributed by atoms with Gasteiger partial charge in [-0.3, -0.25) is 19.5 Å². The minimum absolute atomic E-state index is 0.00715. The topological polar surface area (TPSA) is 56.2 Å². The normalized spacial score (nSPS) is 33.1. The van der Waals surface area contributed by atoms with E-state index in [0.717, 1.165) is 51.5 Å². The third kappa shape index (κ3) is 4.29. The van der Waals surface area contributed by atoms with Crippen molar-refractivity contribution in [2.24, 2.45) is 22.4 Å². The molecule has 2 amide bonds. The first kappa shape index (κ1) is 23.1. The van der Waals surface area contributed by atoms with Crippen molar-refractivity contribution in [2.45, 2.75) is 102 Å². The molecule has 184 valence electrons. The lowest BCUT2D eigenvalue weighted by molar-refractivity contribution is -0.152. The first-order valence-electron chi connectivity index (χ1n) is 13.5. The van der Waals surface area contributed by atoms with Crippen LogP contribution in [0.5, 0.6) is 0 Å². The third-order valence-corrected chi connectivity index (χ3v) is 9.48. The van der Waals surface area contributed by atoms with Gasteiger partial charge in [0.15, 0.2) is 0 Å². The lowest BCUT2D eigenvalue weighted by Crippen LogP contribution is -2.63. The van der Waals surface area contributed by atoms with Gasteiger partial charge in [0.2, 0.25) is 5.91 Å². The molecule has 2 saturated carbocycles. The summed E-state index contributed by atoms with van der Waals surface area (Å²) >= 11 is 0. The number of alkyl halides is 1. The van der Waals surface area contributed by atoms with Crippen LogP contribution in [0.3, 0.4) is 0 Å². The smallest absolute Gasteiger partial charge is 0.252 e. The molecule has 5 aliphatic rings. The number of likely N-dealkylation sites (tertiary alicyclic amines) is 1. The second kappa shape index (κ2) is 9.18. The maximum absolute atomic E-state index is 16.8. The highest BCUT2D eigenvalue weighted by atomic mass is 19.1. The Kier molecular flexibility index (Phi) is 6.43. The first-order chi connectivity index (χ1) is 15.9. The van der Waals surface area contributed by atoms with Crippen molar-refractivity contribution in [1.29, 1.82) is 0 Å². The van der Waals surface area contributed by atoms with Crippen molar-refractivity contribution < 1.29 is 14.0 Å². The van der Waals surface area contributed by atoms with Crippen molar-refractivity contribution >= 4 is 18.2 Å². The second-order valence-corrected chi connectivity index (χ2v) is 11.6. The summed E-state index contributed by atoms with van der Waals surface area (Å²) in [6, 6.07) is -0.222. The van der Waals surface area contributed by atoms with Crippen LogP contribution >= 0.6 is 0 Å². The van der Waals surface area contributed by atoms with Gasteiger partial charge in [-0.15, -0.1) is 0 Å². The molecule has 4 fully saturated rings. The van der Waals surface area contributed by atoms with Crippen molar-refractivity contribution in [3.05, 3.63) is 0 Å². The van der Waals surface area contributed by atoms with Gasteiger partial charge in [-0.2, -0.15) is 5.10 Å². The van der Waals surface area contributed by atoms with Gasteiger partial charge < -0.3 is 4.90 Å². The van der Waals surface area contributed by atoms with Crippen LogP contribution in [0.4, 0.5) is 4.39 Å². The molecule has 3 atom stereocenters. The van der Waals surface area contributed by atoms with Crippen molar-refractivity contribution in [3.63, 3.8) is 0 Å². The van der Waals surface area contributed by atoms with Gasteiger partial charge in [-0.05, 0) is 38.0 Å². The Bertz CT molecular complexity index is 776. The van der Waals surface area contributed by atoms with Gasteiger partial charge in [-0.1, -0.05) is 51.9 Å². The van der Waals surface area contributed by atoms with Gasteiger partial charge in [0.05, 0.1) is 6.54 Å². The lowest BCUT2D eigenvalue weighted by Gasteiger charge is -2.52. The fourth-order valence-electron chi connectivity index (χ4n) is 7.50. The van der Waals surface area contributed by atoms with E-state index in [1.54, 1.807) is 11.2 Å². The summed E-state index contributed by atoms with van der Waals surface area (Å²) < 4.78 is 16.8. The molecule has 0 aromatic heterocycles. The van der Waals surface area contributed by atoms with Crippen LogP contribution in [0.15, 0.2) is 5.10 Å². The van der Waals surface area contributed by atoms with E-state index in [1.165, 1.54) is 32.1 Å². The highest BCUT2D eigenvalue weighted by molar-refractivity contribution is 5.93. The maximum Gasteiger partial charge on any atom is 0.252 e. The van der Waals surface area contributed by atoms with E-state index in [0.29, 0.717) is 25.4 Å². The molecule has 0 aromatic rings. The molecule has 0 aromatic carbocycles. The molecule has 1 unspecified atom stereocenters. The minimum Gasteiger partial charge on any atom is -0.342 e. The molecule has 3 aliphatic heterocycles. The molecular weight excluding hydrogens is 419 g/mol. The zero-order chi connectivity index (χ0) is 23.1. The number of nitrogens with zero attached hydrogens (tertiary/aromatic N) is 4. The zero-order valence-corrected chi connectivity index (χ0v) is 20.3. The summed E-state index contributed by atoms with van der Waals surface area (Å²) in [7, 11) is 0. The second-order valence-electron chi connectivity index (χ2n) is 11.6. The Balaban J connectivity index is 1.27. The fraction of sp³-hybridized carbons (Fsp3) is 0.885. The van der Waals surface area contributed by atoms with Gasteiger partial charge in [-0.25, -0.2) is 4.39 Å². The van der Waals surface area contributed by atoms with Gasteiger partial charge in [0, 0.05) is 37.4 Å². The SMILES string of the molecule is C[C@H](CC1CCCCC1)C(=O)N1CC[C@@](F)(CN2C=NN3CCCC3C2=O)C2(CCCC2)C1. The minimum atomic E-state index is -1.46. The van der Waals surface area contributed by atoms with Gasteiger partial charge in [0.25, 0.3) is 5.91 Å². The highest BCUT2D eigenvalue weighted by Gasteiger charge is 2.58. The number of halogens is 1. The quantitative estimate of drug-likeness (QED) is 0.613. The number of amides is 2. The Hall–Kier alpha value is -1.66. The number of hydrazone groups is 1. The number of carbonyl (C=O) groups is 2. The standard InChI is InChI=1S/C26H41FN4O2/c1-20(16-21-8-3-2-4-9-21)23(32)29-15-13-26(27,25(17-29)11-5-6-12-25)18-30-19-28-31-14-7-10-22(31)24(30)33/h19-22H,2-18H2,1H3/t20-,22?,26-/m1/s1. The molecule has 2 saturated heterocycles. The average Bonchev–Trinajstić information content (AvgIpc) is 3.49.